The third-order valence-electron chi connectivity index (χ3n) is 6.00. The van der Waals surface area contributed by atoms with Crippen LogP contribution in [-0.2, 0) is 27.2 Å². The molecule has 1 aliphatic heterocycles. The van der Waals surface area contributed by atoms with Gasteiger partial charge in [-0.2, -0.15) is 5.26 Å². The number of amides is 2. The molecule has 1 aliphatic rings. The van der Waals surface area contributed by atoms with Crippen molar-refractivity contribution in [1.29, 1.82) is 5.26 Å². The van der Waals surface area contributed by atoms with Gasteiger partial charge in [0, 0.05) is 13.1 Å². The highest BCUT2D eigenvalue weighted by Gasteiger charge is 2.26. The zero-order valence-electron chi connectivity index (χ0n) is 20.2. The normalized spacial score (nSPS) is 14.9. The minimum atomic E-state index is -1.68. The van der Waals surface area contributed by atoms with E-state index in [4.69, 9.17) is 9.47 Å². The molecular formula is C26H32BN3O6. The molecule has 1 unspecified atom stereocenters. The van der Waals surface area contributed by atoms with Gasteiger partial charge in [0.15, 0.2) is 0 Å². The SMILES string of the molecule is N#CC(CCc1cccc(OCCC(=O)N[C@@H](Cc2ccccc2)B(O)O)c1)C(=O)N1CCOCC1. The highest BCUT2D eigenvalue weighted by atomic mass is 16.5. The van der Waals surface area contributed by atoms with Crippen LogP contribution in [-0.4, -0.2) is 72.7 Å². The molecular weight excluding hydrogens is 461 g/mol. The molecule has 2 aromatic rings. The summed E-state index contributed by atoms with van der Waals surface area (Å²) in [6.45, 7) is 2.13. The fraction of sp³-hybridized carbons (Fsp3) is 0.423. The summed E-state index contributed by atoms with van der Waals surface area (Å²) in [5.41, 5.74) is 1.81. The lowest BCUT2D eigenvalue weighted by molar-refractivity contribution is -0.138. The Morgan fingerprint density at radius 3 is 2.53 bits per heavy atom. The summed E-state index contributed by atoms with van der Waals surface area (Å²) < 4.78 is 11.0. The first-order valence-electron chi connectivity index (χ1n) is 12.1. The molecule has 0 saturated carbocycles. The third kappa shape index (κ3) is 8.68. The first kappa shape index (κ1) is 27.2. The van der Waals surface area contributed by atoms with Gasteiger partial charge in [0.05, 0.1) is 38.3 Å². The number of nitriles is 1. The molecule has 1 fully saturated rings. The van der Waals surface area contributed by atoms with Crippen molar-refractivity contribution < 1.29 is 29.1 Å². The number of aryl methyl sites for hydroxylation is 1. The molecule has 0 bridgehead atoms. The fourth-order valence-corrected chi connectivity index (χ4v) is 3.99. The minimum absolute atomic E-state index is 0.0484. The van der Waals surface area contributed by atoms with Crippen molar-refractivity contribution >= 4 is 18.9 Å². The number of rotatable bonds is 12. The summed E-state index contributed by atoms with van der Waals surface area (Å²) in [5, 5.41) is 31.4. The molecule has 1 saturated heterocycles. The Bertz CT molecular complexity index is 1020. The van der Waals surface area contributed by atoms with Gasteiger partial charge in [0.25, 0.3) is 0 Å². The average molecular weight is 493 g/mol. The van der Waals surface area contributed by atoms with E-state index in [2.05, 4.69) is 11.4 Å². The van der Waals surface area contributed by atoms with Gasteiger partial charge in [-0.25, -0.2) is 0 Å². The van der Waals surface area contributed by atoms with Crippen LogP contribution in [0.4, 0.5) is 0 Å². The van der Waals surface area contributed by atoms with Crippen LogP contribution in [0.1, 0.15) is 24.0 Å². The van der Waals surface area contributed by atoms with E-state index in [0.29, 0.717) is 51.3 Å². The van der Waals surface area contributed by atoms with E-state index in [0.717, 1.165) is 11.1 Å². The van der Waals surface area contributed by atoms with Gasteiger partial charge in [-0.3, -0.25) is 9.59 Å². The van der Waals surface area contributed by atoms with Crippen LogP contribution in [0.2, 0.25) is 0 Å². The van der Waals surface area contributed by atoms with Crippen LogP contribution in [0.25, 0.3) is 0 Å². The van der Waals surface area contributed by atoms with Crippen molar-refractivity contribution in [2.45, 2.75) is 31.6 Å². The molecule has 0 aromatic heterocycles. The Morgan fingerprint density at radius 2 is 1.83 bits per heavy atom. The van der Waals surface area contributed by atoms with Crippen LogP contribution in [0.15, 0.2) is 54.6 Å². The molecule has 2 atom stereocenters. The van der Waals surface area contributed by atoms with Crippen molar-refractivity contribution in [3.05, 3.63) is 65.7 Å². The maximum absolute atomic E-state index is 12.6. The Labute approximate surface area is 211 Å². The second-order valence-electron chi connectivity index (χ2n) is 8.68. The largest absolute Gasteiger partial charge is 0.493 e. The van der Waals surface area contributed by atoms with Crippen LogP contribution in [0.5, 0.6) is 5.75 Å². The Balaban J connectivity index is 1.44. The van der Waals surface area contributed by atoms with Crippen LogP contribution < -0.4 is 10.1 Å². The van der Waals surface area contributed by atoms with Gasteiger partial charge in [0.1, 0.15) is 11.7 Å². The number of morpholine rings is 1. The number of nitrogens with one attached hydrogen (secondary N) is 1. The fourth-order valence-electron chi connectivity index (χ4n) is 3.99. The van der Waals surface area contributed by atoms with E-state index in [1.54, 1.807) is 11.0 Å². The second-order valence-corrected chi connectivity index (χ2v) is 8.68. The van der Waals surface area contributed by atoms with Crippen molar-refractivity contribution in [3.63, 3.8) is 0 Å². The van der Waals surface area contributed by atoms with E-state index in [1.165, 1.54) is 0 Å². The zero-order valence-corrected chi connectivity index (χ0v) is 20.2. The standard InChI is InChI=1S/C26H32BN3O6/c28-19-22(26(32)30-12-15-35-16-13-30)10-9-21-7-4-8-23(17-21)36-14-11-25(31)29-24(27(33)34)18-20-5-2-1-3-6-20/h1-8,17,22,24,33-34H,9-16,18H2,(H,29,31)/t22?,24-/m0/s1. The number of carbonyl (C=O) groups excluding carboxylic acids is 2. The molecule has 36 heavy (non-hydrogen) atoms. The van der Waals surface area contributed by atoms with Crippen LogP contribution >= 0.6 is 0 Å². The number of nitrogens with zero attached hydrogens (tertiary/aromatic N) is 2. The summed E-state index contributed by atoms with van der Waals surface area (Å²) in [7, 11) is -1.68. The molecule has 0 aliphatic carbocycles. The predicted molar refractivity (Wildman–Crippen MR) is 134 cm³/mol. The second kappa shape index (κ2) is 14.2. The molecule has 2 amide bonds. The summed E-state index contributed by atoms with van der Waals surface area (Å²) in [6.07, 6.45) is 1.30. The van der Waals surface area contributed by atoms with E-state index in [9.17, 15) is 24.9 Å². The van der Waals surface area contributed by atoms with E-state index in [-0.39, 0.29) is 24.8 Å². The van der Waals surface area contributed by atoms with Gasteiger partial charge in [-0.05, 0) is 42.5 Å². The smallest absolute Gasteiger partial charge is 0.475 e. The Kier molecular flexibility index (Phi) is 10.8. The summed E-state index contributed by atoms with van der Waals surface area (Å²) in [4.78, 5) is 26.6. The molecule has 190 valence electrons. The maximum atomic E-state index is 12.6. The Hall–Kier alpha value is -3.39. The lowest BCUT2D eigenvalue weighted by Gasteiger charge is -2.28. The Morgan fingerprint density at radius 1 is 1.11 bits per heavy atom. The number of ether oxygens (including phenoxy) is 2. The molecule has 0 radical (unpaired) electrons. The number of benzene rings is 2. The van der Waals surface area contributed by atoms with Gasteiger partial charge in [0.2, 0.25) is 11.8 Å². The average Bonchev–Trinajstić information content (AvgIpc) is 2.90. The summed E-state index contributed by atoms with van der Waals surface area (Å²) in [6, 6.07) is 18.7. The lowest BCUT2D eigenvalue weighted by Crippen LogP contribution is -2.48. The third-order valence-corrected chi connectivity index (χ3v) is 6.00. The number of carbonyl (C=O) groups is 2. The maximum Gasteiger partial charge on any atom is 0.475 e. The summed E-state index contributed by atoms with van der Waals surface area (Å²) >= 11 is 0. The number of hydrogen-bond acceptors (Lipinski definition) is 7. The molecule has 1 heterocycles. The quantitative estimate of drug-likeness (QED) is 0.378. The first-order chi connectivity index (χ1) is 17.5. The summed E-state index contributed by atoms with van der Waals surface area (Å²) in [5.74, 6) is -1.45. The topological polar surface area (TPSA) is 132 Å². The van der Waals surface area contributed by atoms with Crippen molar-refractivity contribution in [2.75, 3.05) is 32.9 Å². The van der Waals surface area contributed by atoms with Crippen molar-refractivity contribution in [2.24, 2.45) is 5.92 Å². The van der Waals surface area contributed by atoms with Crippen LogP contribution in [0, 0.1) is 17.2 Å². The number of hydrogen-bond donors (Lipinski definition) is 3. The molecule has 9 nitrogen and oxygen atoms in total. The first-order valence-corrected chi connectivity index (χ1v) is 12.1. The molecule has 2 aromatic carbocycles. The predicted octanol–water partition coefficient (Wildman–Crippen LogP) is 1.13. The van der Waals surface area contributed by atoms with Gasteiger partial charge >= 0.3 is 7.12 Å². The minimum Gasteiger partial charge on any atom is -0.493 e. The van der Waals surface area contributed by atoms with Gasteiger partial charge < -0.3 is 29.7 Å². The van der Waals surface area contributed by atoms with Crippen molar-refractivity contribution in [3.8, 4) is 11.8 Å². The lowest BCUT2D eigenvalue weighted by atomic mass is 9.76. The molecule has 10 heteroatoms. The van der Waals surface area contributed by atoms with Crippen LogP contribution in [0.3, 0.4) is 0 Å². The monoisotopic (exact) mass is 493 g/mol. The van der Waals surface area contributed by atoms with Crippen molar-refractivity contribution in [1.82, 2.24) is 10.2 Å². The highest BCUT2D eigenvalue weighted by molar-refractivity contribution is 6.43. The van der Waals surface area contributed by atoms with Gasteiger partial charge in [-0.15, -0.1) is 0 Å². The highest BCUT2D eigenvalue weighted by Crippen LogP contribution is 2.18. The van der Waals surface area contributed by atoms with Gasteiger partial charge in [-0.1, -0.05) is 42.5 Å². The molecule has 0 spiro atoms. The molecule has 3 rings (SSSR count). The van der Waals surface area contributed by atoms with E-state index < -0.39 is 19.0 Å². The van der Waals surface area contributed by atoms with E-state index >= 15 is 0 Å². The zero-order chi connectivity index (χ0) is 25.8. The van der Waals surface area contributed by atoms with E-state index in [1.807, 2.05) is 48.5 Å². The molecule has 3 N–H and O–H groups in total.